The van der Waals surface area contributed by atoms with E-state index in [9.17, 15) is 19.5 Å². The summed E-state index contributed by atoms with van der Waals surface area (Å²) in [6.45, 7) is 4.30. The van der Waals surface area contributed by atoms with Gasteiger partial charge in [-0.2, -0.15) is 0 Å². The molecule has 0 aliphatic rings. The van der Waals surface area contributed by atoms with Crippen LogP contribution in [-0.4, -0.2) is 75.5 Å². The Balaban J connectivity index is 4.34. The number of hydrogen-bond donors (Lipinski definition) is 0. The zero-order valence-electron chi connectivity index (χ0n) is 38.3. The van der Waals surface area contributed by atoms with Crippen molar-refractivity contribution in [2.75, 3.05) is 41.0 Å². The summed E-state index contributed by atoms with van der Waals surface area (Å²) in [5.74, 6) is -1.85. The second-order valence-electron chi connectivity index (χ2n) is 16.0. The summed E-state index contributed by atoms with van der Waals surface area (Å²) in [6, 6.07) is -0.745. The molecule has 8 heteroatoms. The Labute approximate surface area is 366 Å². The van der Waals surface area contributed by atoms with Gasteiger partial charge in [-0.3, -0.25) is 9.59 Å². The smallest absolute Gasteiger partial charge is 0.306 e. The number of ether oxygens (including phenoxy) is 3. The Kier molecular flexibility index (Phi) is 38.9. The minimum atomic E-state index is -1.14. The summed E-state index contributed by atoms with van der Waals surface area (Å²) >= 11 is 0. The fourth-order valence-corrected chi connectivity index (χ4v) is 6.03. The Bertz CT molecular complexity index is 1340. The van der Waals surface area contributed by atoms with E-state index in [-0.39, 0.29) is 43.1 Å². The van der Waals surface area contributed by atoms with E-state index in [0.717, 1.165) is 57.8 Å². The number of carbonyl (C=O) groups is 3. The normalized spacial score (nSPS) is 13.9. The van der Waals surface area contributed by atoms with Crippen molar-refractivity contribution in [1.82, 2.24) is 0 Å². The standard InChI is InChI=1S/C52H83NO7/c1-6-8-10-12-14-16-18-20-21-22-23-24-25-26-27-28-29-31-32-34-36-38-40-42-50(54)59-47-48(46-58-45-44-49(52(56)57)53(3,4)5)60-51(55)43-41-39-37-35-33-30-19-17-15-13-11-9-7-2/h8-11,13-17,19-21,23-24,30,33,35,37,48-49H,6-7,12,18,22,25-29,31-32,34,36,38-47H2,1-5H3/b10-8+,11-9+,15-13+,16-14+,19-17+,21-20+,24-23+,33-30+,37-35+. The van der Waals surface area contributed by atoms with Crippen LogP contribution in [-0.2, 0) is 28.6 Å². The average molecular weight is 834 g/mol. The van der Waals surface area contributed by atoms with Gasteiger partial charge in [-0.25, -0.2) is 0 Å². The van der Waals surface area contributed by atoms with Gasteiger partial charge in [0.1, 0.15) is 12.6 Å². The Hall–Kier alpha value is -4.01. The number of carboxylic acid groups (broad SMARTS) is 1. The lowest BCUT2D eigenvalue weighted by atomic mass is 10.1. The molecule has 2 atom stereocenters. The number of aliphatic carboxylic acids is 1. The molecule has 0 N–H and O–H groups in total. The first-order valence-corrected chi connectivity index (χ1v) is 23.0. The number of carbonyl (C=O) groups excluding carboxylic acids is 3. The first kappa shape index (κ1) is 56.0. The van der Waals surface area contributed by atoms with Crippen LogP contribution in [0.5, 0.6) is 0 Å². The monoisotopic (exact) mass is 834 g/mol. The van der Waals surface area contributed by atoms with Crippen molar-refractivity contribution in [3.05, 3.63) is 109 Å². The predicted molar refractivity (Wildman–Crippen MR) is 249 cm³/mol. The van der Waals surface area contributed by atoms with Crippen LogP contribution in [0.15, 0.2) is 109 Å². The van der Waals surface area contributed by atoms with Gasteiger partial charge in [0.15, 0.2) is 6.10 Å². The average Bonchev–Trinajstić information content (AvgIpc) is 3.21. The molecule has 0 bridgehead atoms. The largest absolute Gasteiger partial charge is 0.544 e. The molecular weight excluding hydrogens is 751 g/mol. The van der Waals surface area contributed by atoms with Crippen molar-refractivity contribution in [3.8, 4) is 0 Å². The molecule has 0 aromatic rings. The molecule has 0 saturated heterocycles. The quantitative estimate of drug-likeness (QED) is 0.0200. The summed E-state index contributed by atoms with van der Waals surface area (Å²) in [5.41, 5.74) is 0. The zero-order chi connectivity index (χ0) is 44.2. The van der Waals surface area contributed by atoms with Crippen LogP contribution in [0.1, 0.15) is 149 Å². The maximum atomic E-state index is 12.7. The molecule has 8 nitrogen and oxygen atoms in total. The lowest BCUT2D eigenvalue weighted by Crippen LogP contribution is -2.55. The molecule has 60 heavy (non-hydrogen) atoms. The highest BCUT2D eigenvalue weighted by Gasteiger charge is 2.25. The van der Waals surface area contributed by atoms with Crippen LogP contribution in [0, 0.1) is 0 Å². The molecule has 0 aliphatic heterocycles. The number of quaternary nitrogens is 1. The molecular formula is C52H83NO7. The predicted octanol–water partition coefficient (Wildman–Crippen LogP) is 11.5. The molecule has 0 spiro atoms. The summed E-state index contributed by atoms with van der Waals surface area (Å²) < 4.78 is 17.1. The summed E-state index contributed by atoms with van der Waals surface area (Å²) in [4.78, 5) is 36.9. The number of likely N-dealkylation sites (N-methyl/N-ethyl adjacent to an activating group) is 1. The molecule has 0 aromatic carbocycles. The summed E-state index contributed by atoms with van der Waals surface area (Å²) in [5, 5.41) is 11.6. The van der Waals surface area contributed by atoms with Crippen molar-refractivity contribution in [3.63, 3.8) is 0 Å². The number of unbranched alkanes of at least 4 members (excludes halogenated alkanes) is 11. The van der Waals surface area contributed by atoms with E-state index in [4.69, 9.17) is 14.2 Å². The van der Waals surface area contributed by atoms with E-state index in [1.165, 1.54) is 44.9 Å². The fourth-order valence-electron chi connectivity index (χ4n) is 6.03. The van der Waals surface area contributed by atoms with Crippen LogP contribution in [0.3, 0.4) is 0 Å². The summed E-state index contributed by atoms with van der Waals surface area (Å²) in [7, 11) is 5.37. The second-order valence-corrected chi connectivity index (χ2v) is 16.0. The van der Waals surface area contributed by atoms with Gasteiger partial charge in [0, 0.05) is 19.3 Å². The van der Waals surface area contributed by atoms with E-state index in [1.54, 1.807) is 21.1 Å². The number of hydrogen-bond acceptors (Lipinski definition) is 7. The highest BCUT2D eigenvalue weighted by atomic mass is 16.6. The zero-order valence-corrected chi connectivity index (χ0v) is 38.3. The van der Waals surface area contributed by atoms with E-state index >= 15 is 0 Å². The first-order valence-electron chi connectivity index (χ1n) is 23.0. The second kappa shape index (κ2) is 41.7. The molecule has 0 aromatic heterocycles. The van der Waals surface area contributed by atoms with Gasteiger partial charge in [0.05, 0.1) is 40.3 Å². The van der Waals surface area contributed by atoms with Crippen molar-refractivity contribution < 1.29 is 38.2 Å². The van der Waals surface area contributed by atoms with Crippen LogP contribution < -0.4 is 5.11 Å². The van der Waals surface area contributed by atoms with Crippen molar-refractivity contribution in [2.24, 2.45) is 0 Å². The maximum absolute atomic E-state index is 12.7. The molecule has 0 aliphatic carbocycles. The van der Waals surface area contributed by atoms with E-state index in [2.05, 4.69) is 68.5 Å². The van der Waals surface area contributed by atoms with Crippen molar-refractivity contribution in [1.29, 1.82) is 0 Å². The molecule has 0 fully saturated rings. The summed E-state index contributed by atoms with van der Waals surface area (Å²) in [6.07, 6.45) is 57.1. The maximum Gasteiger partial charge on any atom is 0.306 e. The Morgan fingerprint density at radius 3 is 1.53 bits per heavy atom. The Morgan fingerprint density at radius 2 is 0.983 bits per heavy atom. The third kappa shape index (κ3) is 39.5. The van der Waals surface area contributed by atoms with Crippen molar-refractivity contribution in [2.45, 2.75) is 161 Å². The number of esters is 2. The lowest BCUT2D eigenvalue weighted by molar-refractivity contribution is -0.889. The van der Waals surface area contributed by atoms with Crippen LogP contribution in [0.25, 0.3) is 0 Å². The number of carboxylic acids is 1. The van der Waals surface area contributed by atoms with Crippen LogP contribution in [0.4, 0.5) is 0 Å². The van der Waals surface area contributed by atoms with E-state index in [1.807, 2.05) is 54.7 Å². The SMILES string of the molecule is CC/C=C/C=C/C=C/C=C/C=C/CCCC(=O)OC(COCCC(C(=O)[O-])[N+](C)(C)C)COC(=O)CCCCCCCCCCCC/C=C/C/C=C/C/C=C/C/C=C/CC. The van der Waals surface area contributed by atoms with Gasteiger partial charge >= 0.3 is 11.9 Å². The Morgan fingerprint density at radius 1 is 0.517 bits per heavy atom. The fraction of sp³-hybridized carbons (Fsp3) is 0.596. The van der Waals surface area contributed by atoms with Gasteiger partial charge in [0.2, 0.25) is 0 Å². The van der Waals surface area contributed by atoms with Gasteiger partial charge in [-0.15, -0.1) is 0 Å². The van der Waals surface area contributed by atoms with Crippen LogP contribution >= 0.6 is 0 Å². The van der Waals surface area contributed by atoms with Gasteiger partial charge in [0.25, 0.3) is 0 Å². The van der Waals surface area contributed by atoms with Crippen LogP contribution in [0.2, 0.25) is 0 Å². The van der Waals surface area contributed by atoms with Gasteiger partial charge in [-0.05, 0) is 64.2 Å². The third-order valence-corrected chi connectivity index (χ3v) is 9.53. The highest BCUT2D eigenvalue weighted by Crippen LogP contribution is 2.13. The van der Waals surface area contributed by atoms with E-state index < -0.39 is 24.1 Å². The molecule has 0 rings (SSSR count). The molecule has 0 heterocycles. The topological polar surface area (TPSA) is 102 Å². The van der Waals surface area contributed by atoms with Gasteiger partial charge in [-0.1, -0.05) is 175 Å². The van der Waals surface area contributed by atoms with E-state index in [0.29, 0.717) is 19.3 Å². The van der Waals surface area contributed by atoms with Gasteiger partial charge < -0.3 is 28.6 Å². The molecule has 338 valence electrons. The molecule has 0 radical (unpaired) electrons. The lowest BCUT2D eigenvalue weighted by Gasteiger charge is -2.34. The third-order valence-electron chi connectivity index (χ3n) is 9.53. The minimum absolute atomic E-state index is 0.00349. The van der Waals surface area contributed by atoms with Crippen molar-refractivity contribution >= 4 is 17.9 Å². The highest BCUT2D eigenvalue weighted by molar-refractivity contribution is 5.70. The minimum Gasteiger partial charge on any atom is -0.544 e. The number of nitrogens with zero attached hydrogens (tertiary/aromatic N) is 1. The number of rotatable bonds is 39. The first-order chi connectivity index (χ1) is 29.1. The molecule has 0 saturated carbocycles. The molecule has 2 unspecified atom stereocenters. The molecule has 0 amide bonds. The number of allylic oxidation sites excluding steroid dienone is 18.